The fourth-order valence-electron chi connectivity index (χ4n) is 1.83. The Kier molecular flexibility index (Phi) is 4.81. The average molecular weight is 280 g/mol. The zero-order valence-corrected chi connectivity index (χ0v) is 12.4. The fraction of sp³-hybridized carbons (Fsp3) is 0.333. The third-order valence-electron chi connectivity index (χ3n) is 2.82. The highest BCUT2D eigenvalue weighted by Gasteiger charge is 2.05. The number of rotatable bonds is 5. The van der Waals surface area contributed by atoms with E-state index < -0.39 is 0 Å². The molecule has 0 amide bonds. The first-order chi connectivity index (χ1) is 8.70. The van der Waals surface area contributed by atoms with Crippen molar-refractivity contribution in [3.05, 3.63) is 45.8 Å². The van der Waals surface area contributed by atoms with E-state index in [2.05, 4.69) is 49.5 Å². The quantitative estimate of drug-likeness (QED) is 0.770. The highest BCUT2D eigenvalue weighted by atomic mass is 35.5. The normalized spacial score (nSPS) is 10.8. The molecule has 0 saturated carbocycles. The van der Waals surface area contributed by atoms with Crippen molar-refractivity contribution in [2.45, 2.75) is 26.8 Å². The van der Waals surface area contributed by atoms with Crippen LogP contribution in [-0.2, 0) is 6.54 Å². The summed E-state index contributed by atoms with van der Waals surface area (Å²) in [6.45, 7) is 6.16. The second-order valence-corrected chi connectivity index (χ2v) is 6.09. The second kappa shape index (κ2) is 6.37. The van der Waals surface area contributed by atoms with Gasteiger partial charge in [-0.05, 0) is 49.2 Å². The molecule has 0 fully saturated rings. The van der Waals surface area contributed by atoms with E-state index in [1.807, 2.05) is 0 Å². The molecule has 1 N–H and O–H groups in total. The van der Waals surface area contributed by atoms with E-state index in [4.69, 9.17) is 11.6 Å². The van der Waals surface area contributed by atoms with Gasteiger partial charge < -0.3 is 5.32 Å². The van der Waals surface area contributed by atoms with Crippen molar-refractivity contribution >= 4 is 22.9 Å². The summed E-state index contributed by atoms with van der Waals surface area (Å²) in [6.07, 6.45) is 1.14. The van der Waals surface area contributed by atoms with Crippen molar-refractivity contribution < 1.29 is 0 Å². The van der Waals surface area contributed by atoms with Gasteiger partial charge in [-0.2, -0.15) is 0 Å². The first-order valence-corrected chi connectivity index (χ1v) is 7.46. The fourth-order valence-corrected chi connectivity index (χ4v) is 2.94. The monoisotopic (exact) mass is 279 g/mol. The Hall–Kier alpha value is -0.830. The van der Waals surface area contributed by atoms with Crippen molar-refractivity contribution in [2.24, 2.45) is 0 Å². The van der Waals surface area contributed by atoms with Crippen LogP contribution in [0.25, 0.3) is 10.4 Å². The van der Waals surface area contributed by atoms with Crippen molar-refractivity contribution in [3.63, 3.8) is 0 Å². The van der Waals surface area contributed by atoms with Crippen molar-refractivity contribution in [1.82, 2.24) is 5.32 Å². The predicted molar refractivity (Wildman–Crippen MR) is 81.5 cm³/mol. The van der Waals surface area contributed by atoms with Crippen LogP contribution in [0.15, 0.2) is 30.3 Å². The summed E-state index contributed by atoms with van der Waals surface area (Å²) in [5.74, 6) is 0. The Morgan fingerprint density at radius 1 is 1.22 bits per heavy atom. The smallest absolute Gasteiger partial charge is 0.0457 e. The topological polar surface area (TPSA) is 12.0 Å². The highest BCUT2D eigenvalue weighted by Crippen LogP contribution is 2.30. The van der Waals surface area contributed by atoms with Gasteiger partial charge >= 0.3 is 0 Å². The molecule has 0 saturated heterocycles. The molecule has 2 rings (SSSR count). The SMILES string of the molecule is CCCNCc1ccc(-c2ccc(C)s2)cc1Cl. The molecule has 0 aliphatic carbocycles. The van der Waals surface area contributed by atoms with Gasteiger partial charge in [0.15, 0.2) is 0 Å². The Labute approximate surface area is 118 Å². The summed E-state index contributed by atoms with van der Waals surface area (Å²) in [5.41, 5.74) is 2.37. The Bertz CT molecular complexity index is 519. The van der Waals surface area contributed by atoms with Crippen LogP contribution in [0.4, 0.5) is 0 Å². The van der Waals surface area contributed by atoms with Crippen LogP contribution in [0.2, 0.25) is 5.02 Å². The van der Waals surface area contributed by atoms with E-state index in [1.165, 1.54) is 20.9 Å². The molecule has 0 atom stereocenters. The summed E-state index contributed by atoms with van der Waals surface area (Å²) >= 11 is 8.13. The van der Waals surface area contributed by atoms with Crippen LogP contribution < -0.4 is 5.32 Å². The maximum Gasteiger partial charge on any atom is 0.0457 e. The maximum absolute atomic E-state index is 6.33. The molecule has 0 unspecified atom stereocenters. The lowest BCUT2D eigenvalue weighted by Crippen LogP contribution is -2.13. The average Bonchev–Trinajstić information content (AvgIpc) is 2.78. The van der Waals surface area contributed by atoms with Crippen LogP contribution in [0.1, 0.15) is 23.8 Å². The predicted octanol–water partition coefficient (Wildman–Crippen LogP) is 4.88. The number of aryl methyl sites for hydroxylation is 1. The van der Waals surface area contributed by atoms with Crippen LogP contribution in [-0.4, -0.2) is 6.54 Å². The van der Waals surface area contributed by atoms with Gasteiger partial charge in [0.25, 0.3) is 0 Å². The van der Waals surface area contributed by atoms with Gasteiger partial charge in [0, 0.05) is 21.3 Å². The molecule has 0 aliphatic rings. The summed E-state index contributed by atoms with van der Waals surface area (Å²) < 4.78 is 0. The molecular formula is C15H18ClNS. The molecule has 0 radical (unpaired) electrons. The van der Waals surface area contributed by atoms with Crippen LogP contribution in [0.5, 0.6) is 0 Å². The summed E-state index contributed by atoms with van der Waals surface area (Å²) in [5, 5.41) is 4.22. The van der Waals surface area contributed by atoms with E-state index >= 15 is 0 Å². The highest BCUT2D eigenvalue weighted by molar-refractivity contribution is 7.15. The van der Waals surface area contributed by atoms with Crippen molar-refractivity contribution in [1.29, 1.82) is 0 Å². The minimum atomic E-state index is 0.844. The molecule has 2 aromatic rings. The van der Waals surface area contributed by atoms with Gasteiger partial charge in [-0.15, -0.1) is 11.3 Å². The van der Waals surface area contributed by atoms with Gasteiger partial charge in [0.1, 0.15) is 0 Å². The van der Waals surface area contributed by atoms with E-state index in [0.29, 0.717) is 0 Å². The van der Waals surface area contributed by atoms with E-state index in [-0.39, 0.29) is 0 Å². The minimum absolute atomic E-state index is 0.844. The number of thiophene rings is 1. The first-order valence-electron chi connectivity index (χ1n) is 6.26. The standard InChI is InChI=1S/C15H18ClNS/c1-3-8-17-10-13-6-5-12(9-14(13)16)15-7-4-11(2)18-15/h4-7,9,17H,3,8,10H2,1-2H3. The molecule has 1 aromatic carbocycles. The van der Waals surface area contributed by atoms with Gasteiger partial charge in [-0.25, -0.2) is 0 Å². The third kappa shape index (κ3) is 3.35. The summed E-state index contributed by atoms with van der Waals surface area (Å²) in [7, 11) is 0. The van der Waals surface area contributed by atoms with Crippen LogP contribution >= 0.6 is 22.9 Å². The Morgan fingerprint density at radius 3 is 2.67 bits per heavy atom. The van der Waals surface area contributed by atoms with Gasteiger partial charge in [0.05, 0.1) is 0 Å². The summed E-state index contributed by atoms with van der Waals surface area (Å²) in [6, 6.07) is 10.6. The molecule has 0 bridgehead atoms. The van der Waals surface area contributed by atoms with Gasteiger partial charge in [-0.3, -0.25) is 0 Å². The third-order valence-corrected chi connectivity index (χ3v) is 4.22. The largest absolute Gasteiger partial charge is 0.313 e. The van der Waals surface area contributed by atoms with Crippen molar-refractivity contribution in [2.75, 3.05) is 6.54 Å². The minimum Gasteiger partial charge on any atom is -0.313 e. The molecule has 3 heteroatoms. The van der Waals surface area contributed by atoms with E-state index in [0.717, 1.165) is 24.5 Å². The number of benzene rings is 1. The lowest BCUT2D eigenvalue weighted by Gasteiger charge is -2.07. The van der Waals surface area contributed by atoms with Gasteiger partial charge in [0.2, 0.25) is 0 Å². The molecular weight excluding hydrogens is 262 g/mol. The number of hydrogen-bond acceptors (Lipinski definition) is 2. The zero-order valence-electron chi connectivity index (χ0n) is 10.8. The molecule has 0 spiro atoms. The molecule has 1 nitrogen and oxygen atoms in total. The second-order valence-electron chi connectivity index (χ2n) is 4.39. The van der Waals surface area contributed by atoms with E-state index in [1.54, 1.807) is 11.3 Å². The zero-order chi connectivity index (χ0) is 13.0. The molecule has 18 heavy (non-hydrogen) atoms. The molecule has 1 aromatic heterocycles. The summed E-state index contributed by atoms with van der Waals surface area (Å²) in [4.78, 5) is 2.61. The van der Waals surface area contributed by atoms with Crippen LogP contribution in [0, 0.1) is 6.92 Å². The van der Waals surface area contributed by atoms with Crippen LogP contribution in [0.3, 0.4) is 0 Å². The Morgan fingerprint density at radius 2 is 2.06 bits per heavy atom. The Balaban J connectivity index is 2.14. The molecule has 96 valence electrons. The number of hydrogen-bond donors (Lipinski definition) is 1. The van der Waals surface area contributed by atoms with Gasteiger partial charge in [-0.1, -0.05) is 30.7 Å². The lowest BCUT2D eigenvalue weighted by molar-refractivity contribution is 0.675. The first kappa shape index (κ1) is 13.6. The van der Waals surface area contributed by atoms with Crippen molar-refractivity contribution in [3.8, 4) is 10.4 Å². The van der Waals surface area contributed by atoms with E-state index in [9.17, 15) is 0 Å². The molecule has 0 aliphatic heterocycles. The molecule has 1 heterocycles. The number of halogens is 1. The number of nitrogens with one attached hydrogen (secondary N) is 1. The maximum atomic E-state index is 6.33. The lowest BCUT2D eigenvalue weighted by atomic mass is 10.1.